The molecule has 17 heavy (non-hydrogen) atoms. The van der Waals surface area contributed by atoms with E-state index in [0.29, 0.717) is 32.1 Å². The summed E-state index contributed by atoms with van der Waals surface area (Å²) in [4.78, 5) is 3.90. The molecule has 0 amide bonds. The van der Waals surface area contributed by atoms with Crippen LogP contribution in [0, 0.1) is 0 Å². The van der Waals surface area contributed by atoms with Crippen LogP contribution in [0.4, 0.5) is 13.2 Å². The molecule has 0 heterocycles. The lowest BCUT2D eigenvalue weighted by atomic mass is 9.92. The fraction of sp³-hybridized carbons (Fsp3) is 0.900. The van der Waals surface area contributed by atoms with Gasteiger partial charge in [0, 0.05) is 12.6 Å². The second-order valence-electron chi connectivity index (χ2n) is 4.27. The Labute approximate surface area is 98.9 Å². The molecule has 0 saturated carbocycles. The molecule has 0 rings (SSSR count). The molecule has 0 aliphatic rings. The van der Waals surface area contributed by atoms with Gasteiger partial charge in [0.05, 0.1) is 5.84 Å². The van der Waals surface area contributed by atoms with Crippen molar-refractivity contribution in [1.82, 2.24) is 0 Å². The minimum absolute atomic E-state index is 0.0889. The van der Waals surface area contributed by atoms with Crippen molar-refractivity contribution in [3.8, 4) is 0 Å². The first kappa shape index (κ1) is 16.2. The lowest BCUT2D eigenvalue weighted by Crippen LogP contribution is -2.55. The molecule has 0 aliphatic carbocycles. The minimum atomic E-state index is -4.71. The average molecular weight is 255 g/mol. The van der Waals surface area contributed by atoms with Crippen molar-refractivity contribution < 1.29 is 18.3 Å². The molecule has 5 N–H and O–H groups in total. The zero-order chi connectivity index (χ0) is 13.7. The summed E-state index contributed by atoms with van der Waals surface area (Å²) in [6, 6.07) is -1.33. The fourth-order valence-electron chi connectivity index (χ4n) is 1.22. The number of alkyl halides is 3. The third kappa shape index (κ3) is 5.36. The van der Waals surface area contributed by atoms with E-state index in [4.69, 9.17) is 11.5 Å². The Bertz CT molecular complexity index is 260. The standard InChI is InChI=1S/C10H20F3N3O/c1-7(14)16-6-4-3-5-8(15)9(2,17)10(11,12)13/h8,17H,3-6,15H2,1-2H3,(H2,14,16)/t8-,9?/m0/s1. The van der Waals surface area contributed by atoms with E-state index in [1.54, 1.807) is 6.92 Å². The Morgan fingerprint density at radius 2 is 1.88 bits per heavy atom. The van der Waals surface area contributed by atoms with E-state index in [-0.39, 0.29) is 6.42 Å². The van der Waals surface area contributed by atoms with E-state index in [1.165, 1.54) is 0 Å². The SMILES string of the molecule is CC(N)=NCCCC[C@H](N)C(C)(O)C(F)(F)F. The van der Waals surface area contributed by atoms with Gasteiger partial charge in [-0.05, 0) is 33.1 Å². The normalized spacial score (nSPS) is 18.9. The number of nitrogens with two attached hydrogens (primary N) is 2. The van der Waals surface area contributed by atoms with Gasteiger partial charge in [0.2, 0.25) is 0 Å². The number of rotatable bonds is 6. The Morgan fingerprint density at radius 3 is 2.29 bits per heavy atom. The molecule has 0 bridgehead atoms. The number of unbranched alkanes of at least 4 members (excludes halogenated alkanes) is 1. The predicted octanol–water partition coefficient (Wildman–Crippen LogP) is 1.17. The Morgan fingerprint density at radius 1 is 1.35 bits per heavy atom. The van der Waals surface area contributed by atoms with Crippen molar-refractivity contribution in [2.24, 2.45) is 16.5 Å². The number of aliphatic hydroxyl groups is 1. The zero-order valence-corrected chi connectivity index (χ0v) is 10.1. The van der Waals surface area contributed by atoms with Crippen molar-refractivity contribution in [1.29, 1.82) is 0 Å². The number of halogens is 3. The molecular weight excluding hydrogens is 235 g/mol. The molecule has 1 unspecified atom stereocenters. The van der Waals surface area contributed by atoms with E-state index >= 15 is 0 Å². The highest BCUT2D eigenvalue weighted by atomic mass is 19.4. The average Bonchev–Trinajstić information content (AvgIpc) is 2.14. The number of nitrogens with zero attached hydrogens (tertiary/aromatic N) is 1. The third-order valence-electron chi connectivity index (χ3n) is 2.58. The Hall–Kier alpha value is -0.820. The molecule has 2 atom stereocenters. The van der Waals surface area contributed by atoms with Gasteiger partial charge in [-0.1, -0.05) is 0 Å². The summed E-state index contributed by atoms with van der Waals surface area (Å²) in [7, 11) is 0. The molecule has 7 heteroatoms. The molecule has 0 aliphatic heterocycles. The summed E-state index contributed by atoms with van der Waals surface area (Å²) in [6.07, 6.45) is -3.57. The van der Waals surface area contributed by atoms with Crippen LogP contribution in [-0.2, 0) is 0 Å². The van der Waals surface area contributed by atoms with Crippen LogP contribution in [-0.4, -0.2) is 35.3 Å². The molecule has 102 valence electrons. The predicted molar refractivity (Wildman–Crippen MR) is 60.7 cm³/mol. The maximum absolute atomic E-state index is 12.4. The van der Waals surface area contributed by atoms with Crippen LogP contribution >= 0.6 is 0 Å². The summed E-state index contributed by atoms with van der Waals surface area (Å²) in [5.41, 5.74) is 7.80. The number of amidine groups is 1. The smallest absolute Gasteiger partial charge is 0.388 e. The molecule has 0 spiro atoms. The number of hydrogen-bond donors (Lipinski definition) is 3. The van der Waals surface area contributed by atoms with Crippen molar-refractivity contribution in [2.75, 3.05) is 6.54 Å². The first-order valence-electron chi connectivity index (χ1n) is 5.40. The highest BCUT2D eigenvalue weighted by molar-refractivity contribution is 5.77. The highest BCUT2D eigenvalue weighted by Gasteiger charge is 2.53. The van der Waals surface area contributed by atoms with E-state index in [0.717, 1.165) is 0 Å². The van der Waals surface area contributed by atoms with Gasteiger partial charge < -0.3 is 16.6 Å². The van der Waals surface area contributed by atoms with Gasteiger partial charge in [-0.2, -0.15) is 13.2 Å². The zero-order valence-electron chi connectivity index (χ0n) is 10.1. The van der Waals surface area contributed by atoms with Crippen molar-refractivity contribution in [3.05, 3.63) is 0 Å². The van der Waals surface area contributed by atoms with Crippen LogP contribution < -0.4 is 11.5 Å². The Balaban J connectivity index is 4.03. The van der Waals surface area contributed by atoms with E-state index < -0.39 is 17.8 Å². The van der Waals surface area contributed by atoms with Crippen molar-refractivity contribution in [2.45, 2.75) is 50.9 Å². The van der Waals surface area contributed by atoms with Gasteiger partial charge >= 0.3 is 6.18 Å². The van der Waals surface area contributed by atoms with E-state index in [9.17, 15) is 18.3 Å². The minimum Gasteiger partial charge on any atom is -0.388 e. The molecule has 0 aromatic carbocycles. The van der Waals surface area contributed by atoms with Gasteiger partial charge in [-0.25, -0.2) is 0 Å². The summed E-state index contributed by atoms with van der Waals surface area (Å²) in [5, 5.41) is 9.27. The largest absolute Gasteiger partial charge is 0.418 e. The van der Waals surface area contributed by atoms with Gasteiger partial charge in [0.25, 0.3) is 0 Å². The summed E-state index contributed by atoms with van der Waals surface area (Å²) >= 11 is 0. The second kappa shape index (κ2) is 6.20. The van der Waals surface area contributed by atoms with Crippen LogP contribution in [0.2, 0.25) is 0 Å². The molecule has 0 saturated heterocycles. The fourth-order valence-corrected chi connectivity index (χ4v) is 1.22. The monoisotopic (exact) mass is 255 g/mol. The summed E-state index contributed by atoms with van der Waals surface area (Å²) < 4.78 is 37.2. The van der Waals surface area contributed by atoms with Crippen LogP contribution in [0.1, 0.15) is 33.1 Å². The Kier molecular flexibility index (Phi) is 5.91. The highest BCUT2D eigenvalue weighted by Crippen LogP contribution is 2.33. The summed E-state index contributed by atoms with van der Waals surface area (Å²) in [6.45, 7) is 2.79. The van der Waals surface area contributed by atoms with Crippen molar-refractivity contribution in [3.63, 3.8) is 0 Å². The lowest BCUT2D eigenvalue weighted by molar-refractivity contribution is -0.260. The van der Waals surface area contributed by atoms with Crippen LogP contribution in [0.5, 0.6) is 0 Å². The maximum Gasteiger partial charge on any atom is 0.418 e. The molecule has 0 fully saturated rings. The maximum atomic E-state index is 12.4. The second-order valence-corrected chi connectivity index (χ2v) is 4.27. The summed E-state index contributed by atoms with van der Waals surface area (Å²) in [5.74, 6) is 0.441. The molecule has 4 nitrogen and oxygen atoms in total. The number of aliphatic imine (C=N–C) groups is 1. The molecule has 0 radical (unpaired) electrons. The lowest BCUT2D eigenvalue weighted by Gasteiger charge is -2.32. The third-order valence-corrected chi connectivity index (χ3v) is 2.58. The van der Waals surface area contributed by atoms with Gasteiger partial charge in [0.15, 0.2) is 5.60 Å². The molecule has 0 aromatic heterocycles. The quantitative estimate of drug-likeness (QED) is 0.378. The van der Waals surface area contributed by atoms with Gasteiger partial charge in [0.1, 0.15) is 0 Å². The molecule has 0 aromatic rings. The first-order chi connectivity index (χ1) is 7.59. The van der Waals surface area contributed by atoms with E-state index in [2.05, 4.69) is 4.99 Å². The topological polar surface area (TPSA) is 84.6 Å². The van der Waals surface area contributed by atoms with Crippen molar-refractivity contribution >= 4 is 5.84 Å². The van der Waals surface area contributed by atoms with Crippen LogP contribution in [0.15, 0.2) is 4.99 Å². The first-order valence-corrected chi connectivity index (χ1v) is 5.40. The van der Waals surface area contributed by atoms with E-state index in [1.807, 2.05) is 0 Å². The van der Waals surface area contributed by atoms with Gasteiger partial charge in [-0.3, -0.25) is 4.99 Å². The van der Waals surface area contributed by atoms with Gasteiger partial charge in [-0.15, -0.1) is 0 Å². The number of hydrogen-bond acceptors (Lipinski definition) is 3. The van der Waals surface area contributed by atoms with Crippen LogP contribution in [0.25, 0.3) is 0 Å². The van der Waals surface area contributed by atoms with Crippen LogP contribution in [0.3, 0.4) is 0 Å². The molecular formula is C10H20F3N3O.